The Bertz CT molecular complexity index is 3210. The van der Waals surface area contributed by atoms with Crippen LogP contribution in [0, 0.1) is 0 Å². The van der Waals surface area contributed by atoms with Crippen LogP contribution in [0.25, 0.3) is 120 Å². The Morgan fingerprint density at radius 1 is 0.269 bits per heavy atom. The Balaban J connectivity index is 1.15. The Hall–Kier alpha value is -6.83. The van der Waals surface area contributed by atoms with E-state index in [1.54, 1.807) is 0 Å². The zero-order valence-corrected chi connectivity index (χ0v) is 28.2. The summed E-state index contributed by atoms with van der Waals surface area (Å²) in [6, 6.07) is 65.2. The number of benzene rings is 11. The van der Waals surface area contributed by atoms with Gasteiger partial charge in [-0.15, -0.1) is 0 Å². The molecule has 1 nitrogen and oxygen atoms in total. The molecule has 1 heteroatoms. The first kappa shape index (κ1) is 27.9. The molecule has 1 heterocycles. The molecule has 0 amide bonds. The SMILES string of the molecule is c1ccc2cc3nc(-c4cc(-c5ccc6ccc7cccc8ccc5c6c78)cc(-c5ccc6ccc7cccc8ccc5c6c78)c4)ccc3cc2c1. The molecule has 0 bridgehead atoms. The van der Waals surface area contributed by atoms with Crippen LogP contribution in [-0.4, -0.2) is 4.98 Å². The van der Waals surface area contributed by atoms with E-state index in [2.05, 4.69) is 176 Å². The third kappa shape index (κ3) is 3.96. The van der Waals surface area contributed by atoms with Gasteiger partial charge in [0.2, 0.25) is 0 Å². The molecular weight excluding hydrogens is 627 g/mol. The molecule has 0 radical (unpaired) electrons. The second-order valence-electron chi connectivity index (χ2n) is 14.3. The molecule has 52 heavy (non-hydrogen) atoms. The second kappa shape index (κ2) is 10.4. The number of fused-ring (bicyclic) bond motifs is 2. The molecule has 12 rings (SSSR count). The highest BCUT2D eigenvalue weighted by molar-refractivity contribution is 6.27. The summed E-state index contributed by atoms with van der Waals surface area (Å²) in [5.41, 5.74) is 7.94. The maximum atomic E-state index is 5.32. The molecule has 0 saturated heterocycles. The van der Waals surface area contributed by atoms with E-state index < -0.39 is 0 Å². The Morgan fingerprint density at radius 3 is 1.25 bits per heavy atom. The van der Waals surface area contributed by atoms with Crippen LogP contribution in [0.4, 0.5) is 0 Å². The Labute approximate surface area is 299 Å². The van der Waals surface area contributed by atoms with Gasteiger partial charge in [-0.05, 0) is 134 Å². The molecule has 0 aliphatic carbocycles. The highest BCUT2D eigenvalue weighted by Crippen LogP contribution is 2.44. The predicted molar refractivity (Wildman–Crippen MR) is 223 cm³/mol. The summed E-state index contributed by atoms with van der Waals surface area (Å²) in [5.74, 6) is 0. The average Bonchev–Trinajstić information content (AvgIpc) is 3.20. The quantitative estimate of drug-likeness (QED) is 0.136. The molecule has 0 unspecified atom stereocenters. The van der Waals surface area contributed by atoms with Crippen molar-refractivity contribution in [3.63, 3.8) is 0 Å². The van der Waals surface area contributed by atoms with Crippen molar-refractivity contribution in [3.05, 3.63) is 176 Å². The first-order chi connectivity index (χ1) is 25.7. The van der Waals surface area contributed by atoms with E-state index in [1.165, 1.54) is 97.7 Å². The number of aromatic nitrogens is 1. The minimum atomic E-state index is 0.973. The minimum absolute atomic E-state index is 0.973. The van der Waals surface area contributed by atoms with Crippen LogP contribution >= 0.6 is 0 Å². The van der Waals surface area contributed by atoms with Crippen molar-refractivity contribution in [2.24, 2.45) is 0 Å². The third-order valence-corrected chi connectivity index (χ3v) is 11.5. The lowest BCUT2D eigenvalue weighted by Crippen LogP contribution is -1.92. The lowest BCUT2D eigenvalue weighted by Gasteiger charge is -2.18. The van der Waals surface area contributed by atoms with E-state index >= 15 is 0 Å². The van der Waals surface area contributed by atoms with Crippen LogP contribution in [0.15, 0.2) is 176 Å². The van der Waals surface area contributed by atoms with Crippen LogP contribution in [0.5, 0.6) is 0 Å². The average molecular weight is 656 g/mol. The summed E-state index contributed by atoms with van der Waals surface area (Å²) < 4.78 is 0. The fourth-order valence-electron chi connectivity index (χ4n) is 9.03. The highest BCUT2D eigenvalue weighted by atomic mass is 14.7. The highest BCUT2D eigenvalue weighted by Gasteiger charge is 2.17. The van der Waals surface area contributed by atoms with Gasteiger partial charge >= 0.3 is 0 Å². The van der Waals surface area contributed by atoms with Crippen LogP contribution < -0.4 is 0 Å². The fraction of sp³-hybridized carbons (Fsp3) is 0. The number of nitrogens with zero attached hydrogens (tertiary/aromatic N) is 1. The van der Waals surface area contributed by atoms with E-state index in [4.69, 9.17) is 4.98 Å². The van der Waals surface area contributed by atoms with Gasteiger partial charge in [-0.1, -0.05) is 140 Å². The summed E-state index contributed by atoms with van der Waals surface area (Å²) in [6.07, 6.45) is 0. The summed E-state index contributed by atoms with van der Waals surface area (Å²) in [7, 11) is 0. The maximum absolute atomic E-state index is 5.32. The number of rotatable bonds is 3. The van der Waals surface area contributed by atoms with Crippen molar-refractivity contribution in [1.29, 1.82) is 0 Å². The first-order valence-corrected chi connectivity index (χ1v) is 18.0. The fourth-order valence-corrected chi connectivity index (χ4v) is 9.03. The van der Waals surface area contributed by atoms with Gasteiger partial charge in [-0.2, -0.15) is 0 Å². The number of pyridine rings is 1. The van der Waals surface area contributed by atoms with Crippen LogP contribution in [0.3, 0.4) is 0 Å². The third-order valence-electron chi connectivity index (χ3n) is 11.5. The minimum Gasteiger partial charge on any atom is -0.248 e. The first-order valence-electron chi connectivity index (χ1n) is 18.0. The molecular formula is C51H29N. The molecule has 0 aliphatic heterocycles. The second-order valence-corrected chi connectivity index (χ2v) is 14.3. The Kier molecular flexibility index (Phi) is 5.56. The van der Waals surface area contributed by atoms with E-state index in [0.29, 0.717) is 0 Å². The normalized spacial score (nSPS) is 12.2. The predicted octanol–water partition coefficient (Wildman–Crippen LogP) is 14.2. The summed E-state index contributed by atoms with van der Waals surface area (Å²) in [4.78, 5) is 5.32. The molecule has 12 aromatic rings. The number of hydrogen-bond donors (Lipinski definition) is 0. The largest absolute Gasteiger partial charge is 0.248 e. The molecule has 0 fully saturated rings. The molecule has 0 spiro atoms. The molecule has 0 atom stereocenters. The zero-order chi connectivity index (χ0) is 33.9. The van der Waals surface area contributed by atoms with Gasteiger partial charge in [0.25, 0.3) is 0 Å². The molecule has 0 N–H and O–H groups in total. The van der Waals surface area contributed by atoms with Gasteiger partial charge in [0.15, 0.2) is 0 Å². The van der Waals surface area contributed by atoms with Crippen molar-refractivity contribution in [2.45, 2.75) is 0 Å². The standard InChI is InChI=1S/C51H29N/c1-2-6-37-29-47-38(25-36(37)5-1)19-24-46(52-47)41-27-39(42-20-15-34-13-11-30-7-3-9-32-17-22-44(42)50(34)48(30)32)26-40(28-41)43-21-16-35-14-12-31-8-4-10-33-18-23-45(43)51(35)49(31)33/h1-29H. The smallest absolute Gasteiger partial charge is 0.0715 e. The molecule has 238 valence electrons. The van der Waals surface area contributed by atoms with Crippen LogP contribution in [0.2, 0.25) is 0 Å². The van der Waals surface area contributed by atoms with E-state index in [9.17, 15) is 0 Å². The molecule has 0 aliphatic rings. The van der Waals surface area contributed by atoms with E-state index in [-0.39, 0.29) is 0 Å². The van der Waals surface area contributed by atoms with Crippen LogP contribution in [0.1, 0.15) is 0 Å². The van der Waals surface area contributed by atoms with Gasteiger partial charge in [0, 0.05) is 10.9 Å². The monoisotopic (exact) mass is 655 g/mol. The van der Waals surface area contributed by atoms with Crippen molar-refractivity contribution >= 4 is 86.3 Å². The lowest BCUT2D eigenvalue weighted by atomic mass is 9.86. The number of hydrogen-bond acceptors (Lipinski definition) is 1. The van der Waals surface area contributed by atoms with Crippen molar-refractivity contribution in [2.75, 3.05) is 0 Å². The van der Waals surface area contributed by atoms with Gasteiger partial charge < -0.3 is 0 Å². The lowest BCUT2D eigenvalue weighted by molar-refractivity contribution is 1.40. The molecule has 1 aromatic heterocycles. The molecule has 11 aromatic carbocycles. The van der Waals surface area contributed by atoms with Crippen molar-refractivity contribution in [1.82, 2.24) is 4.98 Å². The summed E-state index contributed by atoms with van der Waals surface area (Å²) in [6.45, 7) is 0. The topological polar surface area (TPSA) is 12.9 Å². The summed E-state index contributed by atoms with van der Waals surface area (Å²) >= 11 is 0. The summed E-state index contributed by atoms with van der Waals surface area (Å²) in [5, 5.41) is 19.2. The van der Waals surface area contributed by atoms with E-state index in [0.717, 1.165) is 22.2 Å². The Morgan fingerprint density at radius 2 is 0.692 bits per heavy atom. The zero-order valence-electron chi connectivity index (χ0n) is 28.2. The molecule has 0 saturated carbocycles. The van der Waals surface area contributed by atoms with Crippen molar-refractivity contribution in [3.8, 4) is 33.5 Å². The van der Waals surface area contributed by atoms with Crippen molar-refractivity contribution < 1.29 is 0 Å². The van der Waals surface area contributed by atoms with Gasteiger partial charge in [-0.3, -0.25) is 0 Å². The van der Waals surface area contributed by atoms with Crippen LogP contribution in [-0.2, 0) is 0 Å². The maximum Gasteiger partial charge on any atom is 0.0715 e. The van der Waals surface area contributed by atoms with Gasteiger partial charge in [-0.25, -0.2) is 4.98 Å². The van der Waals surface area contributed by atoms with Gasteiger partial charge in [0.05, 0.1) is 11.2 Å². The van der Waals surface area contributed by atoms with Gasteiger partial charge in [0.1, 0.15) is 0 Å². The van der Waals surface area contributed by atoms with E-state index in [1.807, 2.05) is 0 Å².